The number of nitrogens with one attached hydrogen (secondary N) is 1. The number of halogens is 1. The van der Waals surface area contributed by atoms with Gasteiger partial charge in [0.05, 0.1) is 0 Å². The van der Waals surface area contributed by atoms with Crippen molar-refractivity contribution < 1.29 is 14.0 Å². The van der Waals surface area contributed by atoms with E-state index in [0.717, 1.165) is 44.3 Å². The molecule has 1 saturated heterocycles. The Morgan fingerprint density at radius 2 is 1.92 bits per heavy atom. The maximum atomic E-state index is 13.1. The van der Waals surface area contributed by atoms with Crippen molar-refractivity contribution in [3.05, 3.63) is 35.6 Å². The van der Waals surface area contributed by atoms with Crippen LogP contribution in [0.3, 0.4) is 0 Å². The van der Waals surface area contributed by atoms with Crippen LogP contribution in [0.1, 0.15) is 44.1 Å². The molecule has 0 spiro atoms. The van der Waals surface area contributed by atoms with E-state index < -0.39 is 0 Å². The van der Waals surface area contributed by atoms with E-state index in [1.165, 1.54) is 18.6 Å². The largest absolute Gasteiger partial charge is 0.353 e. The number of likely N-dealkylation sites (tertiary alicyclic amines) is 1. The molecule has 0 radical (unpaired) electrons. The summed E-state index contributed by atoms with van der Waals surface area (Å²) in [5, 5.41) is 3.05. The first-order chi connectivity index (χ1) is 11.6. The molecule has 1 aliphatic carbocycles. The van der Waals surface area contributed by atoms with Crippen LogP contribution in [-0.2, 0) is 16.0 Å². The van der Waals surface area contributed by atoms with E-state index in [1.54, 1.807) is 6.07 Å². The summed E-state index contributed by atoms with van der Waals surface area (Å²) in [5.74, 6) is 0.291. The van der Waals surface area contributed by atoms with Gasteiger partial charge in [-0.1, -0.05) is 18.6 Å². The third kappa shape index (κ3) is 4.34. The number of carbonyl (C=O) groups excluding carboxylic acids is 2. The lowest BCUT2D eigenvalue weighted by atomic mass is 9.84. The van der Waals surface area contributed by atoms with Gasteiger partial charge in [-0.05, 0) is 49.8 Å². The Kier molecular flexibility index (Phi) is 5.48. The van der Waals surface area contributed by atoms with Crippen molar-refractivity contribution in [3.8, 4) is 0 Å². The highest BCUT2D eigenvalue weighted by Crippen LogP contribution is 2.29. The molecule has 0 unspecified atom stereocenters. The van der Waals surface area contributed by atoms with Crippen molar-refractivity contribution in [2.24, 2.45) is 5.92 Å². The maximum absolute atomic E-state index is 13.1. The Bertz CT molecular complexity index is 593. The molecule has 1 aromatic rings. The van der Waals surface area contributed by atoms with Crippen LogP contribution < -0.4 is 5.32 Å². The maximum Gasteiger partial charge on any atom is 0.225 e. The molecule has 1 aromatic carbocycles. The molecule has 1 heterocycles. The van der Waals surface area contributed by atoms with Crippen LogP contribution in [0.15, 0.2) is 24.3 Å². The van der Waals surface area contributed by atoms with Crippen molar-refractivity contribution in [2.45, 2.75) is 51.0 Å². The minimum Gasteiger partial charge on any atom is -0.353 e. The summed E-state index contributed by atoms with van der Waals surface area (Å²) < 4.78 is 13.1. The number of carbonyl (C=O) groups is 2. The molecule has 24 heavy (non-hydrogen) atoms. The third-order valence-electron chi connectivity index (χ3n) is 5.16. The summed E-state index contributed by atoms with van der Waals surface area (Å²) in [4.78, 5) is 26.2. The number of aryl methyl sites for hydroxylation is 1. The number of piperidine rings is 1. The zero-order valence-corrected chi connectivity index (χ0v) is 14.0. The molecule has 130 valence electrons. The first-order valence-electron chi connectivity index (χ1n) is 8.94. The average Bonchev–Trinajstić information content (AvgIpc) is 2.52. The Morgan fingerprint density at radius 1 is 1.17 bits per heavy atom. The monoisotopic (exact) mass is 332 g/mol. The molecule has 2 fully saturated rings. The summed E-state index contributed by atoms with van der Waals surface area (Å²) >= 11 is 0. The Morgan fingerprint density at radius 3 is 2.54 bits per heavy atom. The zero-order valence-electron chi connectivity index (χ0n) is 14.0. The van der Waals surface area contributed by atoms with Gasteiger partial charge >= 0.3 is 0 Å². The number of benzene rings is 1. The highest BCUT2D eigenvalue weighted by atomic mass is 19.1. The van der Waals surface area contributed by atoms with E-state index in [9.17, 15) is 14.0 Å². The molecule has 3 rings (SSSR count). The summed E-state index contributed by atoms with van der Waals surface area (Å²) in [5.41, 5.74) is 0.839. The normalized spacial score (nSPS) is 19.0. The Hall–Kier alpha value is -1.91. The number of amides is 2. The number of nitrogens with zero attached hydrogens (tertiary/aromatic N) is 1. The average molecular weight is 332 g/mol. The van der Waals surface area contributed by atoms with Gasteiger partial charge in [-0.15, -0.1) is 0 Å². The van der Waals surface area contributed by atoms with Gasteiger partial charge in [0.15, 0.2) is 0 Å². The highest BCUT2D eigenvalue weighted by Gasteiger charge is 2.31. The van der Waals surface area contributed by atoms with Crippen LogP contribution in [0.5, 0.6) is 0 Å². The summed E-state index contributed by atoms with van der Waals surface area (Å²) in [7, 11) is 0. The molecule has 0 bridgehead atoms. The van der Waals surface area contributed by atoms with Gasteiger partial charge in [-0.2, -0.15) is 0 Å². The lowest BCUT2D eigenvalue weighted by Crippen LogP contribution is -2.48. The van der Waals surface area contributed by atoms with Crippen molar-refractivity contribution in [1.29, 1.82) is 0 Å². The van der Waals surface area contributed by atoms with Crippen LogP contribution in [0.4, 0.5) is 4.39 Å². The SMILES string of the molecule is O=C(CCc1cccc(F)c1)NC1CCN(C(=O)C2CCC2)CC1. The Balaban J connectivity index is 1.37. The Labute approximate surface area is 142 Å². The van der Waals surface area contributed by atoms with Gasteiger partial charge in [0, 0.05) is 31.5 Å². The van der Waals surface area contributed by atoms with Gasteiger partial charge in [0.1, 0.15) is 5.82 Å². The van der Waals surface area contributed by atoms with E-state index in [1.807, 2.05) is 11.0 Å². The van der Waals surface area contributed by atoms with Crippen LogP contribution in [-0.4, -0.2) is 35.8 Å². The molecule has 0 atom stereocenters. The first-order valence-corrected chi connectivity index (χ1v) is 8.94. The highest BCUT2D eigenvalue weighted by molar-refractivity contribution is 5.80. The second-order valence-electron chi connectivity index (χ2n) is 6.92. The molecular weight excluding hydrogens is 307 g/mol. The number of hydrogen-bond acceptors (Lipinski definition) is 2. The minimum atomic E-state index is -0.267. The number of rotatable bonds is 5. The van der Waals surface area contributed by atoms with E-state index in [0.29, 0.717) is 18.7 Å². The molecule has 2 amide bonds. The van der Waals surface area contributed by atoms with Crippen molar-refractivity contribution in [3.63, 3.8) is 0 Å². The fourth-order valence-electron chi connectivity index (χ4n) is 3.41. The standard InChI is InChI=1S/C19H25FN2O2/c20-16-6-1-3-14(13-16)7-8-18(23)21-17-9-11-22(12-10-17)19(24)15-4-2-5-15/h1,3,6,13,15,17H,2,4-5,7-12H2,(H,21,23). The predicted molar refractivity (Wildman–Crippen MR) is 89.8 cm³/mol. The van der Waals surface area contributed by atoms with Crippen LogP contribution >= 0.6 is 0 Å². The molecule has 1 aliphatic heterocycles. The van der Waals surface area contributed by atoms with E-state index in [-0.39, 0.29) is 23.7 Å². The van der Waals surface area contributed by atoms with Gasteiger partial charge in [-0.3, -0.25) is 9.59 Å². The van der Waals surface area contributed by atoms with E-state index in [4.69, 9.17) is 0 Å². The molecule has 1 saturated carbocycles. The molecule has 1 N–H and O–H groups in total. The molecule has 4 nitrogen and oxygen atoms in total. The van der Waals surface area contributed by atoms with Crippen molar-refractivity contribution in [1.82, 2.24) is 10.2 Å². The molecular formula is C19H25FN2O2. The van der Waals surface area contributed by atoms with Crippen LogP contribution in [0.25, 0.3) is 0 Å². The second kappa shape index (κ2) is 7.77. The van der Waals surface area contributed by atoms with E-state index >= 15 is 0 Å². The van der Waals surface area contributed by atoms with Gasteiger partial charge < -0.3 is 10.2 Å². The topological polar surface area (TPSA) is 49.4 Å². The fraction of sp³-hybridized carbons (Fsp3) is 0.579. The molecule has 0 aromatic heterocycles. The fourth-order valence-corrected chi connectivity index (χ4v) is 3.41. The summed E-state index contributed by atoms with van der Waals surface area (Å²) in [6.45, 7) is 1.48. The van der Waals surface area contributed by atoms with Gasteiger partial charge in [-0.25, -0.2) is 4.39 Å². The predicted octanol–water partition coefficient (Wildman–Crippen LogP) is 2.67. The van der Waals surface area contributed by atoms with Gasteiger partial charge in [0.2, 0.25) is 11.8 Å². The molecule has 2 aliphatic rings. The second-order valence-corrected chi connectivity index (χ2v) is 6.92. The van der Waals surface area contributed by atoms with Crippen molar-refractivity contribution in [2.75, 3.05) is 13.1 Å². The summed E-state index contributed by atoms with van der Waals surface area (Å²) in [6.07, 6.45) is 5.81. The van der Waals surface area contributed by atoms with Crippen molar-refractivity contribution >= 4 is 11.8 Å². The lowest BCUT2D eigenvalue weighted by Gasteiger charge is -2.36. The lowest BCUT2D eigenvalue weighted by molar-refractivity contribution is -0.139. The molecule has 5 heteroatoms. The third-order valence-corrected chi connectivity index (χ3v) is 5.16. The van der Waals surface area contributed by atoms with Crippen LogP contribution in [0, 0.1) is 11.7 Å². The quantitative estimate of drug-likeness (QED) is 0.901. The zero-order chi connectivity index (χ0) is 16.9. The smallest absolute Gasteiger partial charge is 0.225 e. The van der Waals surface area contributed by atoms with E-state index in [2.05, 4.69) is 5.32 Å². The number of hydrogen-bond donors (Lipinski definition) is 1. The van der Waals surface area contributed by atoms with Crippen LogP contribution in [0.2, 0.25) is 0 Å². The van der Waals surface area contributed by atoms with Gasteiger partial charge in [0.25, 0.3) is 0 Å². The minimum absolute atomic E-state index is 0.00281. The first kappa shape index (κ1) is 16.9. The summed E-state index contributed by atoms with van der Waals surface area (Å²) in [6, 6.07) is 6.52.